The second-order valence-corrected chi connectivity index (χ2v) is 3.58. The number of H-pyrrole nitrogens is 1. The van der Waals surface area contributed by atoms with E-state index in [-0.39, 0.29) is 11.7 Å². The molecule has 1 aliphatic rings. The van der Waals surface area contributed by atoms with Gasteiger partial charge in [-0.3, -0.25) is 4.79 Å². The molecular weight excluding hydrogens is 182 g/mol. The van der Waals surface area contributed by atoms with E-state index in [1.54, 1.807) is 6.92 Å². The number of rotatable bonds is 1. The van der Waals surface area contributed by atoms with Gasteiger partial charge in [0.25, 0.3) is 5.56 Å². The summed E-state index contributed by atoms with van der Waals surface area (Å²) in [4.78, 5) is 19.9. The first kappa shape index (κ1) is 9.21. The lowest BCUT2D eigenvalue weighted by atomic mass is 10.3. The highest BCUT2D eigenvalue weighted by Crippen LogP contribution is 2.15. The molecule has 5 nitrogen and oxygen atoms in total. The van der Waals surface area contributed by atoms with Crippen LogP contribution in [0.1, 0.15) is 12.2 Å². The number of aromatic amines is 1. The number of aliphatic hydroxyl groups is 1. The normalized spacial score (nSPS) is 21.6. The van der Waals surface area contributed by atoms with Crippen molar-refractivity contribution in [2.75, 3.05) is 18.0 Å². The lowest BCUT2D eigenvalue weighted by Gasteiger charge is -2.15. The molecule has 1 saturated heterocycles. The molecule has 14 heavy (non-hydrogen) atoms. The molecule has 1 aromatic rings. The molecule has 1 fully saturated rings. The number of anilines is 1. The summed E-state index contributed by atoms with van der Waals surface area (Å²) in [5.74, 6) is 1.26. The van der Waals surface area contributed by atoms with E-state index in [1.807, 2.05) is 4.90 Å². The molecule has 0 bridgehead atoms. The van der Waals surface area contributed by atoms with Gasteiger partial charge in [-0.1, -0.05) is 0 Å². The van der Waals surface area contributed by atoms with Crippen molar-refractivity contribution < 1.29 is 5.11 Å². The predicted octanol–water partition coefficient (Wildman–Crippen LogP) is -0.351. The fraction of sp³-hybridized carbons (Fsp3) is 0.556. The van der Waals surface area contributed by atoms with Crippen molar-refractivity contribution in [3.63, 3.8) is 0 Å². The second-order valence-electron chi connectivity index (χ2n) is 3.58. The minimum absolute atomic E-state index is 0.145. The van der Waals surface area contributed by atoms with Gasteiger partial charge >= 0.3 is 0 Å². The second kappa shape index (κ2) is 3.42. The number of hydrogen-bond donors (Lipinski definition) is 2. The Labute approximate surface area is 81.4 Å². The molecule has 1 aromatic heterocycles. The lowest BCUT2D eigenvalue weighted by Crippen LogP contribution is -2.24. The van der Waals surface area contributed by atoms with Crippen molar-refractivity contribution in [3.05, 3.63) is 22.2 Å². The summed E-state index contributed by atoms with van der Waals surface area (Å²) in [6.45, 7) is 3.07. The van der Waals surface area contributed by atoms with Gasteiger partial charge in [-0.05, 0) is 13.3 Å². The van der Waals surface area contributed by atoms with E-state index >= 15 is 0 Å². The van der Waals surface area contributed by atoms with E-state index in [0.717, 1.165) is 13.0 Å². The average molecular weight is 195 g/mol. The van der Waals surface area contributed by atoms with Crippen LogP contribution in [-0.2, 0) is 0 Å². The van der Waals surface area contributed by atoms with Crippen molar-refractivity contribution in [1.82, 2.24) is 9.97 Å². The van der Waals surface area contributed by atoms with Crippen LogP contribution in [0, 0.1) is 6.92 Å². The first-order chi connectivity index (χ1) is 6.65. The van der Waals surface area contributed by atoms with Crippen LogP contribution in [0.25, 0.3) is 0 Å². The Bertz CT molecular complexity index is 388. The number of nitrogens with one attached hydrogen (secondary N) is 1. The fourth-order valence-corrected chi connectivity index (χ4v) is 1.68. The highest BCUT2D eigenvalue weighted by molar-refractivity contribution is 5.38. The molecular formula is C9H13N3O2. The smallest absolute Gasteiger partial charge is 0.252 e. The Kier molecular flexibility index (Phi) is 2.25. The van der Waals surface area contributed by atoms with E-state index in [2.05, 4.69) is 9.97 Å². The van der Waals surface area contributed by atoms with Gasteiger partial charge < -0.3 is 15.0 Å². The van der Waals surface area contributed by atoms with E-state index in [1.165, 1.54) is 6.07 Å². The zero-order valence-electron chi connectivity index (χ0n) is 8.03. The van der Waals surface area contributed by atoms with Gasteiger partial charge in [0, 0.05) is 19.2 Å². The predicted molar refractivity (Wildman–Crippen MR) is 52.4 cm³/mol. The highest BCUT2D eigenvalue weighted by Gasteiger charge is 2.21. The van der Waals surface area contributed by atoms with Gasteiger partial charge in [0.05, 0.1) is 6.10 Å². The maximum absolute atomic E-state index is 11.2. The van der Waals surface area contributed by atoms with Crippen LogP contribution in [-0.4, -0.2) is 34.3 Å². The molecule has 0 aromatic carbocycles. The number of β-amino-alcohol motifs (C(OH)–C–C–N with tert-alkyl or cyclic N) is 1. The number of nitrogens with zero attached hydrogens (tertiary/aromatic N) is 2. The molecule has 2 heterocycles. The molecule has 5 heteroatoms. The average Bonchev–Trinajstić information content (AvgIpc) is 2.50. The summed E-state index contributed by atoms with van der Waals surface area (Å²) in [6, 6.07) is 1.46. The van der Waals surface area contributed by atoms with Crippen LogP contribution in [0.2, 0.25) is 0 Å². The summed E-state index contributed by atoms with van der Waals surface area (Å²) in [6.07, 6.45) is 0.449. The first-order valence-corrected chi connectivity index (χ1v) is 4.66. The molecule has 0 saturated carbocycles. The van der Waals surface area contributed by atoms with Crippen molar-refractivity contribution in [3.8, 4) is 0 Å². The van der Waals surface area contributed by atoms with Crippen LogP contribution in [0.3, 0.4) is 0 Å². The maximum Gasteiger partial charge on any atom is 0.252 e. The maximum atomic E-state index is 11.2. The first-order valence-electron chi connectivity index (χ1n) is 4.66. The topological polar surface area (TPSA) is 69.2 Å². The van der Waals surface area contributed by atoms with Crippen LogP contribution < -0.4 is 10.5 Å². The monoisotopic (exact) mass is 195 g/mol. The minimum atomic E-state index is -0.295. The van der Waals surface area contributed by atoms with Gasteiger partial charge in [-0.25, -0.2) is 4.98 Å². The molecule has 0 aliphatic carbocycles. The third kappa shape index (κ3) is 1.77. The fourth-order valence-electron chi connectivity index (χ4n) is 1.68. The number of hydrogen-bond acceptors (Lipinski definition) is 4. The molecule has 1 unspecified atom stereocenters. The third-order valence-electron chi connectivity index (χ3n) is 2.33. The van der Waals surface area contributed by atoms with Crippen LogP contribution in [0.4, 0.5) is 5.82 Å². The van der Waals surface area contributed by atoms with Gasteiger partial charge in [0.2, 0.25) is 0 Å². The molecule has 0 amide bonds. The van der Waals surface area contributed by atoms with E-state index in [4.69, 9.17) is 0 Å². The van der Waals surface area contributed by atoms with Gasteiger partial charge in [0.1, 0.15) is 11.6 Å². The van der Waals surface area contributed by atoms with Crippen LogP contribution in [0.15, 0.2) is 10.9 Å². The Hall–Kier alpha value is -1.36. The molecule has 76 valence electrons. The summed E-state index contributed by atoms with van der Waals surface area (Å²) in [5, 5.41) is 9.34. The molecule has 2 rings (SSSR count). The highest BCUT2D eigenvalue weighted by atomic mass is 16.3. The van der Waals surface area contributed by atoms with E-state index in [9.17, 15) is 9.90 Å². The molecule has 0 spiro atoms. The summed E-state index contributed by atoms with van der Waals surface area (Å²) in [7, 11) is 0. The Morgan fingerprint density at radius 2 is 2.50 bits per heavy atom. The molecule has 0 radical (unpaired) electrons. The minimum Gasteiger partial charge on any atom is -0.391 e. The number of aromatic nitrogens is 2. The summed E-state index contributed by atoms with van der Waals surface area (Å²) >= 11 is 0. The Morgan fingerprint density at radius 3 is 3.07 bits per heavy atom. The summed E-state index contributed by atoms with van der Waals surface area (Å²) < 4.78 is 0. The van der Waals surface area contributed by atoms with E-state index in [0.29, 0.717) is 18.2 Å². The van der Waals surface area contributed by atoms with Crippen molar-refractivity contribution >= 4 is 5.82 Å². The van der Waals surface area contributed by atoms with Crippen molar-refractivity contribution in [2.45, 2.75) is 19.4 Å². The summed E-state index contributed by atoms with van der Waals surface area (Å²) in [5.41, 5.74) is -0.145. The molecule has 1 atom stereocenters. The van der Waals surface area contributed by atoms with Crippen LogP contribution >= 0.6 is 0 Å². The SMILES string of the molecule is Cc1nc(N2CCC(O)C2)cc(=O)[nH]1. The molecule has 2 N–H and O–H groups in total. The Morgan fingerprint density at radius 1 is 1.71 bits per heavy atom. The standard InChI is InChI=1S/C9H13N3O2/c1-6-10-8(4-9(14)11-6)12-3-2-7(13)5-12/h4,7,13H,2-3,5H2,1H3,(H,10,11,14). The van der Waals surface area contributed by atoms with Gasteiger partial charge in [-0.2, -0.15) is 0 Å². The number of aliphatic hydroxyl groups excluding tert-OH is 1. The van der Waals surface area contributed by atoms with Crippen LogP contribution in [0.5, 0.6) is 0 Å². The largest absolute Gasteiger partial charge is 0.391 e. The number of aryl methyl sites for hydroxylation is 1. The zero-order valence-corrected chi connectivity index (χ0v) is 8.03. The van der Waals surface area contributed by atoms with Gasteiger partial charge in [-0.15, -0.1) is 0 Å². The van der Waals surface area contributed by atoms with Gasteiger partial charge in [0.15, 0.2) is 0 Å². The lowest BCUT2D eigenvalue weighted by molar-refractivity contribution is 0.198. The quantitative estimate of drug-likeness (QED) is 0.642. The molecule has 1 aliphatic heterocycles. The third-order valence-corrected chi connectivity index (χ3v) is 2.33. The zero-order chi connectivity index (χ0) is 10.1. The van der Waals surface area contributed by atoms with Crippen molar-refractivity contribution in [2.24, 2.45) is 0 Å². The van der Waals surface area contributed by atoms with E-state index < -0.39 is 0 Å². The van der Waals surface area contributed by atoms with Crippen molar-refractivity contribution in [1.29, 1.82) is 0 Å². The Balaban J connectivity index is 2.28.